The standard InChI is InChI=1S/C33H30F6N4O4.C25H25ClF6N4O2/c1-22(24-14-26(32(34,35)36)16-27(15-24)33(37,38)39)46-20-31(25-10-6-3-7-11-25)13-12-30(19-47-28-41-40-21-43(28)30)18-42(31)29(44)45-17-23-8-4-2-5-9-23;1-16(17-9-19(24(27,28)29)11-20(10-17)25(30,31)32)38-14-23(18-5-3-2-4-6-18)8-7-22(12-26,13-33-23)36-15-34-35-21(36)37/h2-11,14-16,21-22H,12-13,17-20H2,1H3;2-6,9-11,15-16,33H,7-8,12-14H2,1H3,(H,35,37)/t22-,30+,31-;16-,22-,23-/m11/s1. The van der Waals surface area contributed by atoms with E-state index in [9.17, 15) is 62.3 Å². The van der Waals surface area contributed by atoms with Gasteiger partial charge < -0.3 is 24.3 Å². The molecule has 7 aromatic rings. The lowest BCUT2D eigenvalue weighted by Crippen LogP contribution is -2.63. The van der Waals surface area contributed by atoms with Gasteiger partial charge in [0.05, 0.1) is 70.8 Å². The number of likely N-dealkylation sites (tertiary alicyclic amines) is 1. The number of hydrogen-bond donors (Lipinski definition) is 2. The van der Waals surface area contributed by atoms with E-state index in [1.165, 1.54) is 36.0 Å². The van der Waals surface area contributed by atoms with Gasteiger partial charge in [0.2, 0.25) is 0 Å². The predicted molar refractivity (Wildman–Crippen MR) is 283 cm³/mol. The van der Waals surface area contributed by atoms with Gasteiger partial charge in [0.15, 0.2) is 0 Å². The number of ether oxygens (including phenoxy) is 4. The molecule has 454 valence electrons. The number of nitrogens with zero attached hydrogens (tertiary/aromatic N) is 6. The van der Waals surface area contributed by atoms with Crippen molar-refractivity contribution in [1.82, 2.24) is 39.7 Å². The Labute approximate surface area is 483 Å². The number of halogens is 13. The number of H-pyrrole nitrogens is 1. The Morgan fingerprint density at radius 2 is 1.18 bits per heavy atom. The molecule has 1 amide bonds. The number of aromatic amines is 1. The van der Waals surface area contributed by atoms with Crippen LogP contribution in [0.3, 0.4) is 0 Å². The number of nitrogens with one attached hydrogen (secondary N) is 2. The molecule has 5 aromatic carbocycles. The Balaban J connectivity index is 0.000000208. The normalized spacial score (nSPS) is 22.5. The number of carbonyl (C=O) groups is 1. The summed E-state index contributed by atoms with van der Waals surface area (Å²) in [6.07, 6.45) is -18.5. The van der Waals surface area contributed by atoms with Gasteiger partial charge in [0.1, 0.15) is 31.4 Å². The van der Waals surface area contributed by atoms with Crippen LogP contribution in [-0.2, 0) is 67.7 Å². The van der Waals surface area contributed by atoms with Crippen LogP contribution in [-0.4, -0.2) is 79.3 Å². The van der Waals surface area contributed by atoms with Crippen LogP contribution in [0.5, 0.6) is 6.01 Å². The van der Waals surface area contributed by atoms with Gasteiger partial charge in [-0.1, -0.05) is 96.1 Å². The second-order valence-corrected chi connectivity index (χ2v) is 21.6. The highest BCUT2D eigenvalue weighted by molar-refractivity contribution is 6.18. The molecule has 14 nitrogen and oxygen atoms in total. The SMILES string of the molecule is C[C@@H](OC[C@@]1(c2ccccc2)CC[C@@]2(COc3nncn32)CN1C(=O)OCc1ccccc1)c1cc(C(F)(F)F)cc(C(F)(F)F)c1.C[C@@H](OC[C@@]1(c2ccccc2)CC[C@](CCl)(n2cn[nH]c2=O)CN1)c1cc(C(F)(F)F)cc(C(F)(F)F)c1. The number of hydrogen-bond acceptors (Lipinski definition) is 10. The average molecular weight is 1220 g/mol. The first-order chi connectivity index (χ1) is 40.1. The van der Waals surface area contributed by atoms with Crippen molar-refractivity contribution < 1.29 is 76.4 Å². The van der Waals surface area contributed by atoms with Gasteiger partial charge in [0.25, 0.3) is 0 Å². The van der Waals surface area contributed by atoms with Gasteiger partial charge in [0, 0.05) is 12.4 Å². The summed E-state index contributed by atoms with van der Waals surface area (Å²) in [5.74, 6) is 0.103. The minimum absolute atomic E-state index is 0.0376. The molecule has 3 aliphatic rings. The number of fused-ring (bicyclic) bond motifs is 2. The number of carbonyl (C=O) groups excluding carboxylic acids is 1. The zero-order valence-corrected chi connectivity index (χ0v) is 46.0. The van der Waals surface area contributed by atoms with Crippen LogP contribution in [0.25, 0.3) is 0 Å². The first kappa shape index (κ1) is 62.1. The Hall–Kier alpha value is -7.42. The quantitative estimate of drug-likeness (QED) is 0.0795. The van der Waals surface area contributed by atoms with Crippen LogP contribution in [0.1, 0.15) is 102 Å². The molecule has 0 saturated carbocycles. The van der Waals surface area contributed by atoms with E-state index in [1.807, 2.05) is 48.5 Å². The molecule has 1 spiro atoms. The lowest BCUT2D eigenvalue weighted by atomic mass is 9.75. The van der Waals surface area contributed by atoms with Crippen molar-refractivity contribution in [2.45, 2.75) is 105 Å². The molecule has 6 atom stereocenters. The maximum absolute atomic E-state index is 14.1. The van der Waals surface area contributed by atoms with Crippen LogP contribution in [0.2, 0.25) is 0 Å². The average Bonchev–Trinajstić information content (AvgIpc) is 1.77. The third kappa shape index (κ3) is 13.4. The molecule has 27 heteroatoms. The predicted octanol–water partition coefficient (Wildman–Crippen LogP) is 13.1. The molecule has 2 N–H and O–H groups in total. The van der Waals surface area contributed by atoms with E-state index in [0.29, 0.717) is 55.1 Å². The minimum atomic E-state index is -5.01. The first-order valence-electron chi connectivity index (χ1n) is 26.5. The molecule has 2 saturated heterocycles. The summed E-state index contributed by atoms with van der Waals surface area (Å²) in [6, 6.07) is 30.3. The van der Waals surface area contributed by atoms with E-state index in [4.69, 9.17) is 30.5 Å². The molecule has 85 heavy (non-hydrogen) atoms. The van der Waals surface area contributed by atoms with Crippen LogP contribution in [0.15, 0.2) is 145 Å². The van der Waals surface area contributed by atoms with Crippen molar-refractivity contribution in [3.8, 4) is 6.01 Å². The summed E-state index contributed by atoms with van der Waals surface area (Å²) in [5.41, 5.74) is -8.04. The Kier molecular flexibility index (Phi) is 17.7. The summed E-state index contributed by atoms with van der Waals surface area (Å²) in [4.78, 5) is 27.9. The smallest absolute Gasteiger partial charge is 0.416 e. The van der Waals surface area contributed by atoms with Gasteiger partial charge in [-0.3, -0.25) is 14.0 Å². The summed E-state index contributed by atoms with van der Waals surface area (Å²) in [6.45, 7) is 2.94. The van der Waals surface area contributed by atoms with E-state index in [0.717, 1.165) is 11.1 Å². The molecular formula is C58H55ClF12N8O6. The maximum Gasteiger partial charge on any atom is 0.416 e. The third-order valence-electron chi connectivity index (χ3n) is 15.9. The van der Waals surface area contributed by atoms with Crippen molar-refractivity contribution in [2.24, 2.45) is 0 Å². The Bertz CT molecular complexity index is 3400. The van der Waals surface area contributed by atoms with Gasteiger partial charge in [-0.15, -0.1) is 16.7 Å². The number of rotatable bonds is 14. The number of amides is 1. The third-order valence-corrected chi connectivity index (χ3v) is 16.4. The number of alkyl halides is 13. The summed E-state index contributed by atoms with van der Waals surface area (Å²) in [5, 5.41) is 17.5. The molecule has 0 bridgehead atoms. The van der Waals surface area contributed by atoms with Crippen LogP contribution < -0.4 is 15.7 Å². The second kappa shape index (κ2) is 24.2. The number of piperidine rings is 2. The lowest BCUT2D eigenvalue weighted by molar-refractivity contribution is -0.145. The number of aromatic nitrogens is 6. The van der Waals surface area contributed by atoms with E-state index >= 15 is 0 Å². The van der Waals surface area contributed by atoms with Gasteiger partial charge >= 0.3 is 42.5 Å². The molecule has 2 fully saturated rings. The molecule has 0 aliphatic carbocycles. The molecule has 0 radical (unpaired) electrons. The van der Waals surface area contributed by atoms with Crippen LogP contribution in [0.4, 0.5) is 57.5 Å². The topological polar surface area (TPSA) is 151 Å². The molecular weight excluding hydrogens is 1170 g/mol. The van der Waals surface area contributed by atoms with Gasteiger partial charge in [-0.2, -0.15) is 57.8 Å². The van der Waals surface area contributed by atoms with Crippen molar-refractivity contribution in [3.05, 3.63) is 201 Å². The Morgan fingerprint density at radius 3 is 1.66 bits per heavy atom. The van der Waals surface area contributed by atoms with Gasteiger partial charge in [-0.25, -0.2) is 14.7 Å². The summed E-state index contributed by atoms with van der Waals surface area (Å²) in [7, 11) is 0. The largest absolute Gasteiger partial charge is 0.461 e. The van der Waals surface area contributed by atoms with E-state index in [-0.39, 0.29) is 75.1 Å². The number of benzene rings is 5. The van der Waals surface area contributed by atoms with Crippen molar-refractivity contribution in [2.75, 3.05) is 38.8 Å². The van der Waals surface area contributed by atoms with E-state index in [2.05, 4.69) is 25.7 Å². The van der Waals surface area contributed by atoms with Crippen LogP contribution in [0, 0.1) is 0 Å². The van der Waals surface area contributed by atoms with Crippen molar-refractivity contribution >= 4 is 17.7 Å². The summed E-state index contributed by atoms with van der Waals surface area (Å²) >= 11 is 6.29. The zero-order chi connectivity index (χ0) is 61.2. The second-order valence-electron chi connectivity index (χ2n) is 21.3. The highest BCUT2D eigenvalue weighted by Crippen LogP contribution is 2.49. The van der Waals surface area contributed by atoms with E-state index < -0.39 is 93.1 Å². The first-order valence-corrected chi connectivity index (χ1v) is 27.0. The maximum atomic E-state index is 14.1. The molecule has 3 aliphatic heterocycles. The minimum Gasteiger partial charge on any atom is -0.461 e. The Morgan fingerprint density at radius 1 is 0.659 bits per heavy atom. The fourth-order valence-corrected chi connectivity index (χ4v) is 11.3. The monoisotopic (exact) mass is 1220 g/mol. The highest BCUT2D eigenvalue weighted by atomic mass is 35.5. The fraction of sp³-hybridized carbons (Fsp3) is 0.397. The molecule has 2 aromatic heterocycles. The summed E-state index contributed by atoms with van der Waals surface area (Å²) < 4.78 is 189. The van der Waals surface area contributed by atoms with Crippen LogP contribution >= 0.6 is 11.6 Å². The fourth-order valence-electron chi connectivity index (χ4n) is 10.9. The zero-order valence-electron chi connectivity index (χ0n) is 45.3. The highest BCUT2D eigenvalue weighted by Gasteiger charge is 2.56. The molecule has 5 heterocycles. The van der Waals surface area contributed by atoms with E-state index in [1.54, 1.807) is 47.0 Å². The lowest BCUT2D eigenvalue weighted by Gasteiger charge is -2.52. The van der Waals surface area contributed by atoms with Crippen molar-refractivity contribution in [3.63, 3.8) is 0 Å². The molecule has 0 unspecified atom stereocenters. The molecule has 10 rings (SSSR count). The van der Waals surface area contributed by atoms with Crippen molar-refractivity contribution in [1.29, 1.82) is 0 Å². The van der Waals surface area contributed by atoms with Gasteiger partial charge in [-0.05, 0) is 104 Å².